The standard InChI is InChI=1S/C20H32O4/c1-13(17(22)12-21)9-11-19(3)14(2)7-8-16-15(19)6-5-10-20(16,4)18(23)24/h6,14,16-17,21-22H,1,5,7-12H2,2-4H3,(H,23,24)/t14-,16+,17-,19+,20-/m1/s1. The number of rotatable bonds is 6. The molecule has 0 aromatic rings. The molecule has 0 spiro atoms. The van der Waals surface area contributed by atoms with Gasteiger partial charge >= 0.3 is 5.97 Å². The van der Waals surface area contributed by atoms with Crippen molar-refractivity contribution in [1.82, 2.24) is 0 Å². The molecule has 24 heavy (non-hydrogen) atoms. The molecule has 3 N–H and O–H groups in total. The van der Waals surface area contributed by atoms with Crippen LogP contribution in [0, 0.1) is 22.7 Å². The second kappa shape index (κ2) is 7.01. The maximum atomic E-state index is 11.9. The third kappa shape index (κ3) is 3.18. The van der Waals surface area contributed by atoms with Crippen molar-refractivity contribution < 1.29 is 20.1 Å². The molecule has 136 valence electrons. The molecule has 0 bridgehead atoms. The van der Waals surface area contributed by atoms with Crippen molar-refractivity contribution in [2.24, 2.45) is 22.7 Å². The van der Waals surface area contributed by atoms with Gasteiger partial charge in [-0.1, -0.05) is 32.1 Å². The fourth-order valence-corrected chi connectivity index (χ4v) is 4.67. The number of allylic oxidation sites excluding steroid dienone is 2. The third-order valence-corrected chi connectivity index (χ3v) is 6.91. The molecule has 4 heteroatoms. The first-order valence-corrected chi connectivity index (χ1v) is 9.07. The highest BCUT2D eigenvalue weighted by Gasteiger charge is 2.52. The molecule has 2 rings (SSSR count). The molecule has 2 aliphatic rings. The Balaban J connectivity index is 2.26. The summed E-state index contributed by atoms with van der Waals surface area (Å²) in [6.07, 6.45) is 6.37. The Bertz CT molecular complexity index is 538. The highest BCUT2D eigenvalue weighted by Crippen LogP contribution is 2.58. The number of aliphatic hydroxyl groups is 2. The summed E-state index contributed by atoms with van der Waals surface area (Å²) in [5.41, 5.74) is 1.21. The summed E-state index contributed by atoms with van der Waals surface area (Å²) in [5, 5.41) is 28.6. The van der Waals surface area contributed by atoms with E-state index in [0.29, 0.717) is 24.3 Å². The van der Waals surface area contributed by atoms with Crippen LogP contribution in [0.5, 0.6) is 0 Å². The zero-order valence-corrected chi connectivity index (χ0v) is 15.2. The van der Waals surface area contributed by atoms with E-state index in [1.807, 2.05) is 6.92 Å². The monoisotopic (exact) mass is 336 g/mol. The Hall–Kier alpha value is -1.13. The maximum absolute atomic E-state index is 11.9. The summed E-state index contributed by atoms with van der Waals surface area (Å²) in [5.74, 6) is -0.119. The van der Waals surface area contributed by atoms with Crippen molar-refractivity contribution >= 4 is 5.97 Å². The van der Waals surface area contributed by atoms with E-state index in [2.05, 4.69) is 26.5 Å². The van der Waals surface area contributed by atoms with Crippen molar-refractivity contribution in [1.29, 1.82) is 0 Å². The maximum Gasteiger partial charge on any atom is 0.309 e. The summed E-state index contributed by atoms with van der Waals surface area (Å²) in [4.78, 5) is 11.9. The fraction of sp³-hybridized carbons (Fsp3) is 0.750. The topological polar surface area (TPSA) is 77.8 Å². The smallest absolute Gasteiger partial charge is 0.309 e. The van der Waals surface area contributed by atoms with Crippen molar-refractivity contribution in [3.63, 3.8) is 0 Å². The SMILES string of the molecule is C=C(CC[C@]1(C)C2=CCC[C@@](C)(C(=O)O)[C@H]2CC[C@H]1C)[C@H](O)CO. The first kappa shape index (κ1) is 19.2. The number of carboxylic acid groups (broad SMARTS) is 1. The van der Waals surface area contributed by atoms with Crippen molar-refractivity contribution in [2.45, 2.75) is 65.4 Å². The van der Waals surface area contributed by atoms with Crippen LogP contribution in [-0.2, 0) is 4.79 Å². The Morgan fingerprint density at radius 3 is 2.67 bits per heavy atom. The number of hydrogen-bond donors (Lipinski definition) is 3. The quantitative estimate of drug-likeness (QED) is 0.648. The average Bonchev–Trinajstić information content (AvgIpc) is 2.55. The molecular weight excluding hydrogens is 304 g/mol. The highest BCUT2D eigenvalue weighted by atomic mass is 16.4. The van der Waals surface area contributed by atoms with Gasteiger partial charge < -0.3 is 15.3 Å². The molecule has 0 amide bonds. The third-order valence-electron chi connectivity index (χ3n) is 6.91. The van der Waals surface area contributed by atoms with Crippen LogP contribution in [-0.4, -0.2) is 34.0 Å². The molecule has 0 unspecified atom stereocenters. The summed E-state index contributed by atoms with van der Waals surface area (Å²) in [6.45, 7) is 9.99. The van der Waals surface area contributed by atoms with Gasteiger partial charge in [0.15, 0.2) is 0 Å². The Kier molecular flexibility index (Phi) is 5.61. The van der Waals surface area contributed by atoms with E-state index in [0.717, 1.165) is 25.7 Å². The molecule has 4 nitrogen and oxygen atoms in total. The van der Waals surface area contributed by atoms with E-state index in [-0.39, 0.29) is 17.9 Å². The fourth-order valence-electron chi connectivity index (χ4n) is 4.67. The van der Waals surface area contributed by atoms with Gasteiger partial charge in [0.05, 0.1) is 18.1 Å². The molecule has 0 aromatic carbocycles. The van der Waals surface area contributed by atoms with E-state index in [9.17, 15) is 15.0 Å². The van der Waals surface area contributed by atoms with Crippen LogP contribution in [0.1, 0.15) is 59.3 Å². The molecule has 1 fully saturated rings. The average molecular weight is 336 g/mol. The van der Waals surface area contributed by atoms with Gasteiger partial charge in [-0.3, -0.25) is 4.79 Å². The lowest BCUT2D eigenvalue weighted by Crippen LogP contribution is -2.47. The lowest BCUT2D eigenvalue weighted by atomic mass is 9.51. The van der Waals surface area contributed by atoms with Crippen LogP contribution in [0.25, 0.3) is 0 Å². The van der Waals surface area contributed by atoms with Gasteiger partial charge in [0.25, 0.3) is 0 Å². The first-order valence-electron chi connectivity index (χ1n) is 9.07. The van der Waals surface area contributed by atoms with Gasteiger partial charge in [-0.2, -0.15) is 0 Å². The minimum absolute atomic E-state index is 0.0713. The molecule has 5 atom stereocenters. The predicted octanol–water partition coefficient (Wildman–Crippen LogP) is 3.54. The van der Waals surface area contributed by atoms with Crippen LogP contribution in [0.3, 0.4) is 0 Å². The summed E-state index contributed by atoms with van der Waals surface area (Å²) in [7, 11) is 0. The number of hydrogen-bond acceptors (Lipinski definition) is 3. The van der Waals surface area contributed by atoms with Gasteiger partial charge in [0.1, 0.15) is 0 Å². The Labute approximate surface area is 145 Å². The molecule has 1 saturated carbocycles. The van der Waals surface area contributed by atoms with E-state index in [1.165, 1.54) is 5.57 Å². The van der Waals surface area contributed by atoms with E-state index in [1.54, 1.807) is 0 Å². The molecule has 0 heterocycles. The predicted molar refractivity (Wildman–Crippen MR) is 94.5 cm³/mol. The van der Waals surface area contributed by atoms with E-state index < -0.39 is 17.5 Å². The largest absolute Gasteiger partial charge is 0.481 e. The Morgan fingerprint density at radius 2 is 2.08 bits per heavy atom. The minimum atomic E-state index is -0.868. The van der Waals surface area contributed by atoms with Gasteiger partial charge in [0, 0.05) is 0 Å². The van der Waals surface area contributed by atoms with Crippen LogP contribution in [0.4, 0.5) is 0 Å². The van der Waals surface area contributed by atoms with E-state index in [4.69, 9.17) is 5.11 Å². The first-order chi connectivity index (χ1) is 11.2. The van der Waals surface area contributed by atoms with Crippen molar-refractivity contribution in [3.05, 3.63) is 23.8 Å². The normalized spacial score (nSPS) is 37.3. The Morgan fingerprint density at radius 1 is 1.42 bits per heavy atom. The summed E-state index contributed by atoms with van der Waals surface area (Å²) < 4.78 is 0. The molecule has 0 saturated heterocycles. The van der Waals surface area contributed by atoms with Crippen LogP contribution < -0.4 is 0 Å². The number of fused-ring (bicyclic) bond motifs is 1. The van der Waals surface area contributed by atoms with Crippen LogP contribution in [0.15, 0.2) is 23.8 Å². The lowest BCUT2D eigenvalue weighted by Gasteiger charge is -2.52. The summed E-state index contributed by atoms with van der Waals surface area (Å²) >= 11 is 0. The van der Waals surface area contributed by atoms with Crippen LogP contribution in [0.2, 0.25) is 0 Å². The molecule has 0 radical (unpaired) electrons. The zero-order chi connectivity index (χ0) is 18.1. The van der Waals surface area contributed by atoms with Gasteiger partial charge in [-0.25, -0.2) is 0 Å². The molecule has 0 aromatic heterocycles. The lowest BCUT2D eigenvalue weighted by molar-refractivity contribution is -0.152. The van der Waals surface area contributed by atoms with Gasteiger partial charge in [-0.15, -0.1) is 0 Å². The van der Waals surface area contributed by atoms with Crippen LogP contribution >= 0.6 is 0 Å². The number of carbonyl (C=O) groups is 1. The minimum Gasteiger partial charge on any atom is -0.481 e. The highest BCUT2D eigenvalue weighted by molar-refractivity contribution is 5.75. The van der Waals surface area contributed by atoms with E-state index >= 15 is 0 Å². The van der Waals surface area contributed by atoms with Crippen molar-refractivity contribution in [2.75, 3.05) is 6.61 Å². The molecule has 2 aliphatic carbocycles. The number of aliphatic carboxylic acids is 1. The van der Waals surface area contributed by atoms with Gasteiger partial charge in [-0.05, 0) is 68.3 Å². The van der Waals surface area contributed by atoms with Gasteiger partial charge in [0.2, 0.25) is 0 Å². The second-order valence-electron chi connectivity index (χ2n) is 8.23. The molecule has 0 aliphatic heterocycles. The second-order valence-corrected chi connectivity index (χ2v) is 8.23. The number of carboxylic acids is 1. The molecular formula is C20H32O4. The number of aliphatic hydroxyl groups excluding tert-OH is 2. The summed E-state index contributed by atoms with van der Waals surface area (Å²) in [6, 6.07) is 0. The van der Waals surface area contributed by atoms with Crippen molar-refractivity contribution in [3.8, 4) is 0 Å². The zero-order valence-electron chi connectivity index (χ0n) is 15.2.